The molecule has 0 fully saturated rings. The van der Waals surface area contributed by atoms with Gasteiger partial charge in [-0.1, -0.05) is 60.1 Å². The lowest BCUT2D eigenvalue weighted by Crippen LogP contribution is -2.13. The lowest BCUT2D eigenvalue weighted by atomic mass is 10.1. The van der Waals surface area contributed by atoms with Crippen molar-refractivity contribution in [1.29, 1.82) is 5.26 Å². The number of aromatic nitrogens is 3. The maximum atomic E-state index is 13.1. The summed E-state index contributed by atoms with van der Waals surface area (Å²) in [4.78, 5) is 17.8. The molecule has 3 aromatic carbocycles. The second-order valence-corrected chi connectivity index (χ2v) is 10.3. The SMILES string of the molecule is N#C/C(=C\c1cn(-c2ccccc2)nc1-c1ccccc1)C(=O)Nc1ncc(Cc2cc(C(F)(F)F)ccc2Cl)s1. The Morgan fingerprint density at radius 1 is 1.07 bits per heavy atom. The predicted octanol–water partition coefficient (Wildman–Crippen LogP) is 7.80. The third kappa shape index (κ3) is 6.54. The van der Waals surface area contributed by atoms with Gasteiger partial charge in [-0.2, -0.15) is 23.5 Å². The van der Waals surface area contributed by atoms with E-state index in [-0.39, 0.29) is 27.7 Å². The standard InChI is InChI=1S/C30H19ClF3N5OS/c31-26-12-11-23(30(32,33)34)14-20(26)15-25-17-36-29(41-25)37-28(40)21(16-35)13-22-18-39(24-9-5-2-6-10-24)38-27(22)19-7-3-1-4-8-19/h1-14,17-18H,15H2,(H,36,37,40)/b21-13+. The molecule has 5 aromatic rings. The molecule has 5 rings (SSSR count). The third-order valence-corrected chi connectivity index (χ3v) is 7.27. The van der Waals surface area contributed by atoms with E-state index < -0.39 is 17.6 Å². The highest BCUT2D eigenvalue weighted by atomic mass is 35.5. The normalized spacial score (nSPS) is 11.7. The fraction of sp³-hybridized carbons (Fsp3) is 0.0667. The maximum absolute atomic E-state index is 13.1. The largest absolute Gasteiger partial charge is 0.416 e. The predicted molar refractivity (Wildman–Crippen MR) is 153 cm³/mol. The van der Waals surface area contributed by atoms with Crippen LogP contribution in [0.3, 0.4) is 0 Å². The Bertz CT molecular complexity index is 1770. The second kappa shape index (κ2) is 11.8. The summed E-state index contributed by atoms with van der Waals surface area (Å²) in [6.07, 6.45) is 0.244. The van der Waals surface area contributed by atoms with Crippen molar-refractivity contribution in [2.75, 3.05) is 5.32 Å². The topological polar surface area (TPSA) is 83.6 Å². The molecule has 0 radical (unpaired) electrons. The molecule has 1 N–H and O–H groups in total. The number of halogens is 4. The van der Waals surface area contributed by atoms with Crippen molar-refractivity contribution in [2.24, 2.45) is 0 Å². The molecular formula is C30H19ClF3N5OS. The van der Waals surface area contributed by atoms with Crippen LogP contribution in [0, 0.1) is 11.3 Å². The molecule has 0 bridgehead atoms. The van der Waals surface area contributed by atoms with Crippen LogP contribution in [-0.2, 0) is 17.4 Å². The monoisotopic (exact) mass is 589 g/mol. The van der Waals surface area contributed by atoms with Crippen LogP contribution in [0.5, 0.6) is 0 Å². The van der Waals surface area contributed by atoms with Crippen LogP contribution in [0.15, 0.2) is 96.8 Å². The molecule has 0 unspecified atom stereocenters. The zero-order valence-corrected chi connectivity index (χ0v) is 22.6. The van der Waals surface area contributed by atoms with Gasteiger partial charge in [0.05, 0.1) is 16.9 Å². The number of rotatable bonds is 7. The summed E-state index contributed by atoms with van der Waals surface area (Å²) in [7, 11) is 0. The van der Waals surface area contributed by atoms with Crippen molar-refractivity contribution in [1.82, 2.24) is 14.8 Å². The summed E-state index contributed by atoms with van der Waals surface area (Å²) in [5.74, 6) is -0.683. The van der Waals surface area contributed by atoms with E-state index in [4.69, 9.17) is 16.7 Å². The number of para-hydroxylation sites is 1. The van der Waals surface area contributed by atoms with Gasteiger partial charge < -0.3 is 0 Å². The third-order valence-electron chi connectivity index (χ3n) is 5.99. The summed E-state index contributed by atoms with van der Waals surface area (Å²) in [5.41, 5.74) is 2.07. The van der Waals surface area contributed by atoms with Gasteiger partial charge in [-0.15, -0.1) is 11.3 Å². The van der Waals surface area contributed by atoms with E-state index in [9.17, 15) is 23.2 Å². The molecule has 0 saturated carbocycles. The van der Waals surface area contributed by atoms with Crippen LogP contribution in [0.4, 0.5) is 18.3 Å². The summed E-state index contributed by atoms with van der Waals surface area (Å²) in [6.45, 7) is 0. The number of nitrogens with one attached hydrogen (secondary N) is 1. The van der Waals surface area contributed by atoms with Crippen LogP contribution in [-0.4, -0.2) is 20.7 Å². The number of nitrogens with zero attached hydrogens (tertiary/aromatic N) is 4. The molecule has 0 aliphatic heterocycles. The lowest BCUT2D eigenvalue weighted by Gasteiger charge is -2.09. The lowest BCUT2D eigenvalue weighted by molar-refractivity contribution is -0.137. The first-order chi connectivity index (χ1) is 19.7. The highest BCUT2D eigenvalue weighted by Crippen LogP contribution is 2.33. The maximum Gasteiger partial charge on any atom is 0.416 e. The molecule has 2 aromatic heterocycles. The van der Waals surface area contributed by atoms with Gasteiger partial charge in [-0.25, -0.2) is 9.67 Å². The van der Waals surface area contributed by atoms with E-state index in [0.29, 0.717) is 16.1 Å². The summed E-state index contributed by atoms with van der Waals surface area (Å²) in [6, 6.07) is 23.9. The van der Waals surface area contributed by atoms with Gasteiger partial charge in [-0.05, 0) is 42.0 Å². The molecule has 0 aliphatic rings. The van der Waals surface area contributed by atoms with Crippen LogP contribution < -0.4 is 5.32 Å². The van der Waals surface area contributed by atoms with Gasteiger partial charge in [0.2, 0.25) is 0 Å². The second-order valence-electron chi connectivity index (χ2n) is 8.82. The fourth-order valence-corrected chi connectivity index (χ4v) is 5.03. The number of thiazole rings is 1. The molecule has 0 spiro atoms. The Labute approximate surface area is 242 Å². The molecule has 11 heteroatoms. The smallest absolute Gasteiger partial charge is 0.297 e. The number of benzene rings is 3. The number of hydrogen-bond acceptors (Lipinski definition) is 5. The van der Waals surface area contributed by atoms with E-state index in [0.717, 1.165) is 34.7 Å². The zero-order chi connectivity index (χ0) is 29.0. The first-order valence-corrected chi connectivity index (χ1v) is 13.3. The van der Waals surface area contributed by atoms with E-state index >= 15 is 0 Å². The van der Waals surface area contributed by atoms with Crippen LogP contribution in [0.25, 0.3) is 23.0 Å². The molecule has 0 saturated heterocycles. The van der Waals surface area contributed by atoms with Gasteiger partial charge in [0.25, 0.3) is 5.91 Å². The highest BCUT2D eigenvalue weighted by molar-refractivity contribution is 7.15. The number of amides is 1. The van der Waals surface area contributed by atoms with Crippen molar-refractivity contribution in [3.8, 4) is 23.0 Å². The molecule has 1 amide bonds. The average Bonchev–Trinajstić information content (AvgIpc) is 3.60. The zero-order valence-electron chi connectivity index (χ0n) is 21.1. The van der Waals surface area contributed by atoms with E-state index in [2.05, 4.69) is 10.3 Å². The first-order valence-electron chi connectivity index (χ1n) is 12.2. The number of hydrogen-bond donors (Lipinski definition) is 1. The first kappa shape index (κ1) is 27.8. The Hall–Kier alpha value is -4.72. The molecule has 0 atom stereocenters. The number of anilines is 1. The van der Waals surface area contributed by atoms with E-state index in [1.165, 1.54) is 18.3 Å². The molecule has 2 heterocycles. The summed E-state index contributed by atoms with van der Waals surface area (Å²) in [5, 5.41) is 17.5. The highest BCUT2D eigenvalue weighted by Gasteiger charge is 2.31. The van der Waals surface area contributed by atoms with Crippen molar-refractivity contribution in [3.63, 3.8) is 0 Å². The van der Waals surface area contributed by atoms with Gasteiger partial charge in [-0.3, -0.25) is 10.1 Å². The minimum Gasteiger partial charge on any atom is -0.297 e. The van der Waals surface area contributed by atoms with Crippen LogP contribution in [0.2, 0.25) is 5.02 Å². The van der Waals surface area contributed by atoms with Crippen LogP contribution >= 0.6 is 22.9 Å². The van der Waals surface area contributed by atoms with Crippen molar-refractivity contribution in [2.45, 2.75) is 12.6 Å². The van der Waals surface area contributed by atoms with Crippen LogP contribution in [0.1, 0.15) is 21.6 Å². The van der Waals surface area contributed by atoms with Gasteiger partial charge in [0.1, 0.15) is 11.6 Å². The van der Waals surface area contributed by atoms with Gasteiger partial charge in [0, 0.05) is 39.8 Å². The number of carbonyl (C=O) groups is 1. The minimum absolute atomic E-state index is 0.0936. The number of nitriles is 1. The number of alkyl halides is 3. The fourth-order valence-electron chi connectivity index (χ4n) is 4.02. The minimum atomic E-state index is -4.50. The molecule has 41 heavy (non-hydrogen) atoms. The van der Waals surface area contributed by atoms with Gasteiger partial charge in [0.15, 0.2) is 5.13 Å². The average molecular weight is 590 g/mol. The van der Waals surface area contributed by atoms with E-state index in [1.807, 2.05) is 66.7 Å². The Balaban J connectivity index is 1.39. The summed E-state index contributed by atoms with van der Waals surface area (Å²) < 4.78 is 41.0. The Morgan fingerprint density at radius 3 is 2.46 bits per heavy atom. The quantitative estimate of drug-likeness (QED) is 0.155. The molecular weight excluding hydrogens is 571 g/mol. The van der Waals surface area contributed by atoms with Crippen molar-refractivity contribution >= 4 is 40.1 Å². The van der Waals surface area contributed by atoms with Crippen molar-refractivity contribution in [3.05, 3.63) is 123 Å². The molecule has 6 nitrogen and oxygen atoms in total. The Morgan fingerprint density at radius 2 is 1.78 bits per heavy atom. The van der Waals surface area contributed by atoms with Gasteiger partial charge >= 0.3 is 6.18 Å². The molecule has 0 aliphatic carbocycles. The number of carbonyl (C=O) groups excluding carboxylic acids is 1. The van der Waals surface area contributed by atoms with E-state index in [1.54, 1.807) is 10.9 Å². The Kier molecular flexibility index (Phi) is 8.01. The summed E-state index contributed by atoms with van der Waals surface area (Å²) >= 11 is 7.20. The van der Waals surface area contributed by atoms with Crippen molar-refractivity contribution < 1.29 is 18.0 Å². The molecule has 204 valence electrons.